The molecule has 0 aliphatic carbocycles. The minimum absolute atomic E-state index is 0.00409. The summed E-state index contributed by atoms with van der Waals surface area (Å²) in [5.41, 5.74) is 8.75. The molecule has 0 saturated heterocycles. The lowest BCUT2D eigenvalue weighted by atomic mass is 10.0. The van der Waals surface area contributed by atoms with Crippen LogP contribution in [0.3, 0.4) is 0 Å². The lowest BCUT2D eigenvalue weighted by Gasteiger charge is -2.05. The molecule has 12 heteroatoms. The quantitative estimate of drug-likeness (QED) is 0.311. The van der Waals surface area contributed by atoms with Crippen molar-refractivity contribution in [3.8, 4) is 11.6 Å². The van der Waals surface area contributed by atoms with Gasteiger partial charge in [-0.2, -0.15) is 9.78 Å². The summed E-state index contributed by atoms with van der Waals surface area (Å²) >= 11 is 0. The highest BCUT2D eigenvalue weighted by molar-refractivity contribution is 6.03. The van der Waals surface area contributed by atoms with Gasteiger partial charge < -0.3 is 15.6 Å². The number of nitrogens with zero attached hydrogens (tertiary/aromatic N) is 6. The van der Waals surface area contributed by atoms with Crippen molar-refractivity contribution in [1.29, 1.82) is 0 Å². The summed E-state index contributed by atoms with van der Waals surface area (Å²) in [6, 6.07) is 10.8. The van der Waals surface area contributed by atoms with E-state index in [2.05, 4.69) is 35.8 Å². The molecule has 0 unspecified atom stereocenters. The summed E-state index contributed by atoms with van der Waals surface area (Å²) in [5, 5.41) is 30.7. The number of amides is 1. The first-order valence-corrected chi connectivity index (χ1v) is 8.66. The van der Waals surface area contributed by atoms with E-state index in [-0.39, 0.29) is 35.4 Å². The maximum Gasteiger partial charge on any atom is 0.293 e. The molecule has 1 amide bonds. The van der Waals surface area contributed by atoms with Crippen molar-refractivity contribution in [2.45, 2.75) is 6.61 Å². The van der Waals surface area contributed by atoms with E-state index in [0.717, 1.165) is 10.8 Å². The average Bonchev–Trinajstić information content (AvgIpc) is 3.35. The number of nitrogens with two attached hydrogens (primary N) is 1. The number of phenols is 1. The molecule has 0 bridgehead atoms. The van der Waals surface area contributed by atoms with Gasteiger partial charge in [0.05, 0.1) is 12.8 Å². The number of hydrogen-bond donors (Lipinski definition) is 3. The van der Waals surface area contributed by atoms with Gasteiger partial charge in [-0.05, 0) is 27.2 Å². The third-order valence-electron chi connectivity index (χ3n) is 4.26. The Labute approximate surface area is 168 Å². The number of fused-ring (bicyclic) bond motifs is 1. The van der Waals surface area contributed by atoms with E-state index in [1.165, 1.54) is 18.0 Å². The molecule has 0 fully saturated rings. The molecular formula is C18H16N8O4. The Morgan fingerprint density at radius 1 is 1.33 bits per heavy atom. The number of aromatic hydroxyl groups is 1. The van der Waals surface area contributed by atoms with Crippen LogP contribution in [0, 0.1) is 0 Å². The van der Waals surface area contributed by atoms with E-state index < -0.39 is 5.91 Å². The van der Waals surface area contributed by atoms with Gasteiger partial charge in [0.15, 0.2) is 5.69 Å². The average molecular weight is 408 g/mol. The molecule has 30 heavy (non-hydrogen) atoms. The Balaban J connectivity index is 1.60. The van der Waals surface area contributed by atoms with Gasteiger partial charge >= 0.3 is 0 Å². The zero-order valence-electron chi connectivity index (χ0n) is 15.7. The number of aromatic nitrogens is 5. The fourth-order valence-corrected chi connectivity index (χ4v) is 2.88. The standard InChI is InChI=1S/C18H16N8O4/c1-29-9-13-15(21-25-26(13)17-16(19)23-30-24-17)18(28)22-20-8-12-11-5-3-2-4-10(11)6-7-14(12)27/h2-8,27H,9H2,1H3,(H2,19,23)(H,22,28)/b20-8-. The van der Waals surface area contributed by atoms with Crippen LogP contribution in [0.15, 0.2) is 46.1 Å². The third kappa shape index (κ3) is 3.42. The number of phenolic OH excluding ortho intramolecular Hbond substituents is 1. The second kappa shape index (κ2) is 7.97. The molecule has 0 aliphatic heterocycles. The minimum atomic E-state index is -0.640. The predicted molar refractivity (Wildman–Crippen MR) is 105 cm³/mol. The number of methoxy groups -OCH3 is 1. The van der Waals surface area contributed by atoms with Crippen molar-refractivity contribution in [3.05, 3.63) is 53.3 Å². The topological polar surface area (TPSA) is 167 Å². The van der Waals surface area contributed by atoms with Crippen LogP contribution in [0.25, 0.3) is 16.6 Å². The summed E-state index contributed by atoms with van der Waals surface area (Å²) in [6.45, 7) is -0.00409. The molecule has 0 spiro atoms. The van der Waals surface area contributed by atoms with Gasteiger partial charge in [-0.25, -0.2) is 10.1 Å². The molecule has 4 rings (SSSR count). The molecule has 0 atom stereocenters. The first-order valence-electron chi connectivity index (χ1n) is 8.66. The Kier molecular flexibility index (Phi) is 5.05. The smallest absolute Gasteiger partial charge is 0.293 e. The Bertz CT molecular complexity index is 1250. The van der Waals surface area contributed by atoms with E-state index in [9.17, 15) is 9.90 Å². The molecule has 2 aromatic heterocycles. The fourth-order valence-electron chi connectivity index (χ4n) is 2.88. The van der Waals surface area contributed by atoms with Gasteiger partial charge in [0.1, 0.15) is 11.4 Å². The van der Waals surface area contributed by atoms with Crippen LogP contribution in [0.2, 0.25) is 0 Å². The largest absolute Gasteiger partial charge is 0.507 e. The minimum Gasteiger partial charge on any atom is -0.507 e. The third-order valence-corrected chi connectivity index (χ3v) is 4.26. The number of rotatable bonds is 6. The number of nitrogens with one attached hydrogen (secondary N) is 1. The molecule has 12 nitrogen and oxygen atoms in total. The van der Waals surface area contributed by atoms with Gasteiger partial charge in [-0.1, -0.05) is 35.5 Å². The van der Waals surface area contributed by atoms with E-state index in [0.29, 0.717) is 5.56 Å². The molecule has 152 valence electrons. The van der Waals surface area contributed by atoms with Gasteiger partial charge in [0.2, 0.25) is 11.6 Å². The molecular weight excluding hydrogens is 392 g/mol. The van der Waals surface area contributed by atoms with Crippen molar-refractivity contribution < 1.29 is 19.3 Å². The van der Waals surface area contributed by atoms with E-state index in [4.69, 9.17) is 10.5 Å². The maximum absolute atomic E-state index is 12.6. The highest BCUT2D eigenvalue weighted by Gasteiger charge is 2.23. The predicted octanol–water partition coefficient (Wildman–Crippen LogP) is 1.00. The Hall–Kier alpha value is -4.32. The number of ether oxygens (including phenoxy) is 1. The normalized spacial score (nSPS) is 11.4. The van der Waals surface area contributed by atoms with E-state index >= 15 is 0 Å². The lowest BCUT2D eigenvalue weighted by Crippen LogP contribution is -2.20. The first-order chi connectivity index (χ1) is 14.6. The number of hydrazone groups is 1. The highest BCUT2D eigenvalue weighted by atomic mass is 16.6. The van der Waals surface area contributed by atoms with Gasteiger partial charge in [0, 0.05) is 12.7 Å². The summed E-state index contributed by atoms with van der Waals surface area (Å²) in [6.07, 6.45) is 1.36. The van der Waals surface area contributed by atoms with Crippen LogP contribution in [-0.4, -0.2) is 49.6 Å². The monoisotopic (exact) mass is 408 g/mol. The van der Waals surface area contributed by atoms with E-state index in [1.807, 2.05) is 24.3 Å². The summed E-state index contributed by atoms with van der Waals surface area (Å²) < 4.78 is 10.9. The van der Waals surface area contributed by atoms with Crippen molar-refractivity contribution in [3.63, 3.8) is 0 Å². The van der Waals surface area contributed by atoms with E-state index in [1.54, 1.807) is 12.1 Å². The summed E-state index contributed by atoms with van der Waals surface area (Å²) in [4.78, 5) is 12.6. The Morgan fingerprint density at radius 2 is 2.17 bits per heavy atom. The van der Waals surface area contributed by atoms with Crippen LogP contribution in [0.5, 0.6) is 5.75 Å². The maximum atomic E-state index is 12.6. The lowest BCUT2D eigenvalue weighted by molar-refractivity contribution is 0.0944. The molecule has 0 radical (unpaired) electrons. The van der Waals surface area contributed by atoms with Crippen molar-refractivity contribution in [1.82, 2.24) is 30.7 Å². The van der Waals surface area contributed by atoms with Gasteiger partial charge in [0.25, 0.3) is 5.91 Å². The van der Waals surface area contributed by atoms with Crippen LogP contribution in [0.1, 0.15) is 21.7 Å². The molecule has 0 aliphatic rings. The number of anilines is 1. The van der Waals surface area contributed by atoms with Crippen molar-refractivity contribution in [2.24, 2.45) is 5.10 Å². The van der Waals surface area contributed by atoms with Crippen LogP contribution in [-0.2, 0) is 11.3 Å². The van der Waals surface area contributed by atoms with Crippen LogP contribution >= 0.6 is 0 Å². The molecule has 4 N–H and O–H groups in total. The van der Waals surface area contributed by atoms with Crippen molar-refractivity contribution >= 4 is 28.7 Å². The SMILES string of the molecule is COCc1c(C(=O)N/N=C\c2c(O)ccc3ccccc23)nnn1-c1nonc1N. The number of benzene rings is 2. The fraction of sp³-hybridized carbons (Fsp3) is 0.111. The van der Waals surface area contributed by atoms with Crippen molar-refractivity contribution in [2.75, 3.05) is 12.8 Å². The Morgan fingerprint density at radius 3 is 2.93 bits per heavy atom. The molecule has 2 aromatic carbocycles. The zero-order chi connectivity index (χ0) is 21.1. The number of nitrogen functional groups attached to an aromatic ring is 1. The van der Waals surface area contributed by atoms with Gasteiger partial charge in [-0.3, -0.25) is 4.79 Å². The zero-order valence-corrected chi connectivity index (χ0v) is 15.7. The summed E-state index contributed by atoms with van der Waals surface area (Å²) in [5.74, 6) is -0.544. The van der Waals surface area contributed by atoms with Crippen LogP contribution < -0.4 is 11.2 Å². The summed E-state index contributed by atoms with van der Waals surface area (Å²) in [7, 11) is 1.45. The highest BCUT2D eigenvalue weighted by Crippen LogP contribution is 2.25. The van der Waals surface area contributed by atoms with Gasteiger partial charge in [-0.15, -0.1) is 5.10 Å². The number of hydrogen-bond acceptors (Lipinski definition) is 10. The van der Waals surface area contributed by atoms with Crippen LogP contribution in [0.4, 0.5) is 5.82 Å². The second-order valence-corrected chi connectivity index (χ2v) is 6.12. The molecule has 0 saturated carbocycles. The first kappa shape index (κ1) is 19.0. The number of carbonyl (C=O) groups excluding carboxylic acids is 1. The molecule has 4 aromatic rings. The second-order valence-electron chi connectivity index (χ2n) is 6.12. The molecule has 2 heterocycles. The number of carbonyl (C=O) groups is 1.